The Labute approximate surface area is 131 Å². The minimum absolute atomic E-state index is 0.0226. The first-order valence-corrected chi connectivity index (χ1v) is 6.58. The van der Waals surface area contributed by atoms with Gasteiger partial charge in [-0.2, -0.15) is 5.26 Å². The molecule has 2 aromatic rings. The van der Waals surface area contributed by atoms with Gasteiger partial charge >= 0.3 is 0 Å². The van der Waals surface area contributed by atoms with Crippen molar-refractivity contribution < 1.29 is 4.92 Å². The first-order chi connectivity index (χ1) is 10.0. The molecule has 0 unspecified atom stereocenters. The Kier molecular flexibility index (Phi) is 4.59. The highest BCUT2D eigenvalue weighted by molar-refractivity contribution is 6.42. The van der Waals surface area contributed by atoms with E-state index in [2.05, 4.69) is 6.07 Å². The summed E-state index contributed by atoms with van der Waals surface area (Å²) in [7, 11) is 0. The number of nitriles is 1. The van der Waals surface area contributed by atoms with Gasteiger partial charge in [-0.05, 0) is 41.5 Å². The minimum Gasteiger partial charge on any atom is -0.258 e. The third kappa shape index (κ3) is 3.60. The summed E-state index contributed by atoms with van der Waals surface area (Å²) in [6, 6.07) is 12.9. The molecular weight excluding hydrogens is 311 g/mol. The molecule has 0 saturated carbocycles. The monoisotopic (exact) mass is 318 g/mol. The van der Waals surface area contributed by atoms with Crippen LogP contribution in [0.4, 0.5) is 5.69 Å². The molecule has 0 heterocycles. The van der Waals surface area contributed by atoms with Crippen LogP contribution >= 0.6 is 23.2 Å². The molecule has 0 aliphatic heterocycles. The van der Waals surface area contributed by atoms with Gasteiger partial charge in [0, 0.05) is 12.1 Å². The Morgan fingerprint density at radius 3 is 2.33 bits per heavy atom. The van der Waals surface area contributed by atoms with Gasteiger partial charge in [-0.1, -0.05) is 29.3 Å². The highest BCUT2D eigenvalue weighted by atomic mass is 35.5. The fourth-order valence-corrected chi connectivity index (χ4v) is 2.02. The van der Waals surface area contributed by atoms with E-state index in [-0.39, 0.29) is 5.69 Å². The first-order valence-electron chi connectivity index (χ1n) is 5.83. The maximum absolute atomic E-state index is 10.6. The van der Waals surface area contributed by atoms with Gasteiger partial charge in [-0.25, -0.2) is 0 Å². The zero-order chi connectivity index (χ0) is 15.4. The molecule has 0 radical (unpaired) electrons. The predicted molar refractivity (Wildman–Crippen MR) is 83.0 cm³/mol. The molecule has 104 valence electrons. The van der Waals surface area contributed by atoms with Crippen LogP contribution in [0.5, 0.6) is 0 Å². The van der Waals surface area contributed by atoms with Gasteiger partial charge in [0.2, 0.25) is 0 Å². The molecule has 0 aliphatic carbocycles. The molecule has 2 rings (SSSR count). The van der Waals surface area contributed by atoms with Crippen LogP contribution in [0.2, 0.25) is 10.0 Å². The molecule has 0 bridgehead atoms. The van der Waals surface area contributed by atoms with E-state index in [1.54, 1.807) is 24.3 Å². The van der Waals surface area contributed by atoms with Crippen molar-refractivity contribution in [3.8, 4) is 6.07 Å². The SMILES string of the molecule is N#C/C(=C/c1ccc(Cl)c(Cl)c1)c1ccc([N+](=O)[O-])cc1. The Bertz CT molecular complexity index is 762. The second-order valence-electron chi connectivity index (χ2n) is 4.15. The number of nitro benzene ring substituents is 1. The van der Waals surface area contributed by atoms with Crippen molar-refractivity contribution >= 4 is 40.5 Å². The van der Waals surface area contributed by atoms with Gasteiger partial charge in [0.15, 0.2) is 0 Å². The minimum atomic E-state index is -0.488. The van der Waals surface area contributed by atoms with E-state index in [4.69, 9.17) is 23.2 Å². The van der Waals surface area contributed by atoms with Crippen molar-refractivity contribution in [1.29, 1.82) is 5.26 Å². The quantitative estimate of drug-likeness (QED) is 0.347. The lowest BCUT2D eigenvalue weighted by Crippen LogP contribution is -1.88. The third-order valence-corrected chi connectivity index (χ3v) is 3.50. The van der Waals surface area contributed by atoms with Crippen LogP contribution < -0.4 is 0 Å². The lowest BCUT2D eigenvalue weighted by atomic mass is 10.0. The Morgan fingerprint density at radius 1 is 1.14 bits per heavy atom. The van der Waals surface area contributed by atoms with E-state index in [1.807, 2.05) is 0 Å². The summed E-state index contributed by atoms with van der Waals surface area (Å²) in [5.74, 6) is 0. The molecule has 2 aromatic carbocycles. The maximum atomic E-state index is 10.6. The normalized spacial score (nSPS) is 11.0. The standard InChI is InChI=1S/C15H8Cl2N2O2/c16-14-6-1-10(8-15(14)17)7-12(9-18)11-2-4-13(5-3-11)19(20)21/h1-8H/b12-7-. The number of hydrogen-bond acceptors (Lipinski definition) is 3. The van der Waals surface area contributed by atoms with E-state index in [0.717, 1.165) is 5.56 Å². The maximum Gasteiger partial charge on any atom is 0.269 e. The fourth-order valence-electron chi connectivity index (χ4n) is 1.71. The molecule has 0 aliphatic rings. The van der Waals surface area contributed by atoms with Gasteiger partial charge in [0.1, 0.15) is 0 Å². The number of nitrogens with zero attached hydrogens (tertiary/aromatic N) is 2. The highest BCUT2D eigenvalue weighted by Crippen LogP contribution is 2.26. The van der Waals surface area contributed by atoms with Crippen molar-refractivity contribution in [2.75, 3.05) is 0 Å². The summed E-state index contributed by atoms with van der Waals surface area (Å²) in [5, 5.41) is 20.7. The summed E-state index contributed by atoms with van der Waals surface area (Å²) in [6.45, 7) is 0. The predicted octanol–water partition coefficient (Wildman–Crippen LogP) is 4.97. The lowest BCUT2D eigenvalue weighted by Gasteiger charge is -2.01. The zero-order valence-corrected chi connectivity index (χ0v) is 12.1. The van der Waals surface area contributed by atoms with Gasteiger partial charge in [-0.15, -0.1) is 0 Å². The zero-order valence-electron chi connectivity index (χ0n) is 10.6. The molecule has 0 fully saturated rings. The Balaban J connectivity index is 2.39. The molecule has 21 heavy (non-hydrogen) atoms. The molecule has 0 atom stereocenters. The van der Waals surface area contributed by atoms with Gasteiger partial charge in [0.05, 0.1) is 26.6 Å². The summed E-state index contributed by atoms with van der Waals surface area (Å²) in [5.41, 5.74) is 1.67. The number of halogens is 2. The van der Waals surface area contributed by atoms with Gasteiger partial charge in [-0.3, -0.25) is 10.1 Å². The first kappa shape index (κ1) is 15.0. The summed E-state index contributed by atoms with van der Waals surface area (Å²) >= 11 is 11.8. The average Bonchev–Trinajstić information content (AvgIpc) is 2.48. The number of rotatable bonds is 3. The number of benzene rings is 2. The average molecular weight is 319 g/mol. The molecule has 0 N–H and O–H groups in total. The van der Waals surface area contributed by atoms with E-state index in [9.17, 15) is 15.4 Å². The van der Waals surface area contributed by atoms with Gasteiger partial charge in [0.25, 0.3) is 5.69 Å². The van der Waals surface area contributed by atoms with Crippen LogP contribution in [0.3, 0.4) is 0 Å². The summed E-state index contributed by atoms with van der Waals surface area (Å²) in [6.07, 6.45) is 1.64. The number of hydrogen-bond donors (Lipinski definition) is 0. The topological polar surface area (TPSA) is 66.9 Å². The smallest absolute Gasteiger partial charge is 0.258 e. The largest absolute Gasteiger partial charge is 0.269 e. The van der Waals surface area contributed by atoms with Crippen LogP contribution in [0.1, 0.15) is 11.1 Å². The van der Waals surface area contributed by atoms with E-state index in [0.29, 0.717) is 21.2 Å². The van der Waals surface area contributed by atoms with Crippen molar-refractivity contribution in [3.63, 3.8) is 0 Å². The molecule has 0 amide bonds. The second-order valence-corrected chi connectivity index (χ2v) is 4.96. The van der Waals surface area contributed by atoms with Crippen molar-refractivity contribution in [3.05, 3.63) is 73.8 Å². The third-order valence-electron chi connectivity index (χ3n) is 2.76. The molecule has 6 heteroatoms. The van der Waals surface area contributed by atoms with E-state index >= 15 is 0 Å². The molecular formula is C15H8Cl2N2O2. The van der Waals surface area contributed by atoms with Crippen LogP contribution in [0, 0.1) is 21.4 Å². The van der Waals surface area contributed by atoms with Crippen LogP contribution in [-0.4, -0.2) is 4.92 Å². The van der Waals surface area contributed by atoms with Crippen LogP contribution in [0.15, 0.2) is 42.5 Å². The van der Waals surface area contributed by atoms with Crippen molar-refractivity contribution in [2.45, 2.75) is 0 Å². The fraction of sp³-hybridized carbons (Fsp3) is 0. The van der Waals surface area contributed by atoms with Crippen LogP contribution in [0.25, 0.3) is 11.6 Å². The van der Waals surface area contributed by atoms with Crippen LogP contribution in [-0.2, 0) is 0 Å². The summed E-state index contributed by atoms with van der Waals surface area (Å²) in [4.78, 5) is 10.1. The van der Waals surface area contributed by atoms with E-state index in [1.165, 1.54) is 24.3 Å². The molecule has 0 spiro atoms. The van der Waals surface area contributed by atoms with Crippen molar-refractivity contribution in [1.82, 2.24) is 0 Å². The number of nitro groups is 1. The lowest BCUT2D eigenvalue weighted by molar-refractivity contribution is -0.384. The Hall–Kier alpha value is -2.35. The van der Waals surface area contributed by atoms with Crippen molar-refractivity contribution in [2.24, 2.45) is 0 Å². The molecule has 0 saturated heterocycles. The number of non-ortho nitro benzene ring substituents is 1. The molecule has 4 nitrogen and oxygen atoms in total. The number of allylic oxidation sites excluding steroid dienone is 1. The second kappa shape index (κ2) is 6.40. The summed E-state index contributed by atoms with van der Waals surface area (Å²) < 4.78 is 0. The Morgan fingerprint density at radius 2 is 1.81 bits per heavy atom. The molecule has 0 aromatic heterocycles. The van der Waals surface area contributed by atoms with Gasteiger partial charge < -0.3 is 0 Å². The van der Waals surface area contributed by atoms with E-state index < -0.39 is 4.92 Å². The highest BCUT2D eigenvalue weighted by Gasteiger charge is 2.07.